The van der Waals surface area contributed by atoms with E-state index in [4.69, 9.17) is 5.11 Å². The molecule has 5 nitrogen and oxygen atoms in total. The number of nitrogens with zero attached hydrogens (tertiary/aromatic N) is 3. The fourth-order valence-corrected chi connectivity index (χ4v) is 0.968. The summed E-state index contributed by atoms with van der Waals surface area (Å²) in [5.74, 6) is 0.908. The molecule has 0 aliphatic heterocycles. The summed E-state index contributed by atoms with van der Waals surface area (Å²) >= 11 is 0. The number of rotatable bonds is 5. The molecule has 1 rings (SSSR count). The topological polar surface area (TPSA) is 63.0 Å². The molecule has 0 radical (unpaired) electrons. The summed E-state index contributed by atoms with van der Waals surface area (Å²) in [4.78, 5) is 4.07. The summed E-state index contributed by atoms with van der Waals surface area (Å²) in [5, 5.41) is 15.6. The first-order valence-electron chi connectivity index (χ1n) is 4.06. The molecule has 0 saturated carbocycles. The second kappa shape index (κ2) is 4.84. The second-order valence-corrected chi connectivity index (χ2v) is 2.39. The summed E-state index contributed by atoms with van der Waals surface area (Å²) < 4.78 is 1.82. The van der Waals surface area contributed by atoms with Gasteiger partial charge in [0.25, 0.3) is 0 Å². The molecule has 0 aliphatic carbocycles. The lowest BCUT2D eigenvalue weighted by Crippen LogP contribution is -2.20. The number of hydrogen-bond acceptors (Lipinski definition) is 4. The van der Waals surface area contributed by atoms with Gasteiger partial charge >= 0.3 is 0 Å². The van der Waals surface area contributed by atoms with Crippen LogP contribution in [0.2, 0.25) is 0 Å². The molecule has 0 spiro atoms. The largest absolute Gasteiger partial charge is 0.395 e. The maximum absolute atomic E-state index is 8.52. The zero-order valence-corrected chi connectivity index (χ0v) is 7.19. The van der Waals surface area contributed by atoms with Gasteiger partial charge in [0, 0.05) is 13.1 Å². The Balaban J connectivity index is 2.39. The monoisotopic (exact) mass is 170 g/mol. The number of aliphatic hydroxyl groups excluding tert-OH is 1. The van der Waals surface area contributed by atoms with Crippen LogP contribution in [0, 0.1) is 0 Å². The lowest BCUT2D eigenvalue weighted by molar-refractivity contribution is 0.291. The molecule has 1 aromatic rings. The van der Waals surface area contributed by atoms with Crippen LogP contribution in [0.1, 0.15) is 12.7 Å². The number of nitrogens with one attached hydrogen (secondary N) is 1. The Morgan fingerprint density at radius 2 is 2.50 bits per heavy atom. The van der Waals surface area contributed by atoms with Gasteiger partial charge in [0.05, 0.1) is 13.2 Å². The molecule has 0 aliphatic rings. The van der Waals surface area contributed by atoms with E-state index in [1.165, 1.54) is 0 Å². The van der Waals surface area contributed by atoms with Crippen LogP contribution in [0.4, 0.5) is 0 Å². The van der Waals surface area contributed by atoms with E-state index in [0.29, 0.717) is 13.1 Å². The molecular formula is C7H14N4O. The first kappa shape index (κ1) is 9.15. The fraction of sp³-hybridized carbons (Fsp3) is 0.714. The fourth-order valence-electron chi connectivity index (χ4n) is 0.968. The summed E-state index contributed by atoms with van der Waals surface area (Å²) in [6, 6.07) is 0. The summed E-state index contributed by atoms with van der Waals surface area (Å²) in [6.45, 7) is 4.26. The lowest BCUT2D eigenvalue weighted by atomic mass is 10.5. The molecule has 0 saturated heterocycles. The third kappa shape index (κ3) is 2.28. The van der Waals surface area contributed by atoms with Crippen LogP contribution in [-0.2, 0) is 13.1 Å². The molecule has 2 N–H and O–H groups in total. The quantitative estimate of drug-likeness (QED) is 0.578. The molecule has 68 valence electrons. The number of aryl methyl sites for hydroxylation is 1. The van der Waals surface area contributed by atoms with Gasteiger partial charge in [0.1, 0.15) is 12.2 Å². The van der Waals surface area contributed by atoms with E-state index in [2.05, 4.69) is 15.4 Å². The van der Waals surface area contributed by atoms with E-state index < -0.39 is 0 Å². The van der Waals surface area contributed by atoms with Gasteiger partial charge in [-0.15, -0.1) is 0 Å². The third-order valence-electron chi connectivity index (χ3n) is 1.57. The average Bonchev–Trinajstić information content (AvgIpc) is 2.52. The molecule has 1 aromatic heterocycles. The molecule has 1 heterocycles. The van der Waals surface area contributed by atoms with Gasteiger partial charge in [-0.3, -0.25) is 0 Å². The van der Waals surface area contributed by atoms with Gasteiger partial charge in [-0.2, -0.15) is 5.10 Å². The van der Waals surface area contributed by atoms with Gasteiger partial charge in [-0.25, -0.2) is 9.67 Å². The Labute approximate surface area is 71.4 Å². The SMILES string of the molecule is CCn1ncnc1CNCCO. The van der Waals surface area contributed by atoms with Crippen molar-refractivity contribution in [2.45, 2.75) is 20.0 Å². The van der Waals surface area contributed by atoms with Crippen molar-refractivity contribution in [1.82, 2.24) is 20.1 Å². The maximum Gasteiger partial charge on any atom is 0.140 e. The minimum atomic E-state index is 0.153. The van der Waals surface area contributed by atoms with Crippen LogP contribution >= 0.6 is 0 Å². The predicted octanol–water partition coefficient (Wildman–Crippen LogP) is -0.620. The summed E-state index contributed by atoms with van der Waals surface area (Å²) in [5.41, 5.74) is 0. The smallest absolute Gasteiger partial charge is 0.140 e. The van der Waals surface area contributed by atoms with Crippen molar-refractivity contribution in [3.63, 3.8) is 0 Å². The van der Waals surface area contributed by atoms with E-state index in [9.17, 15) is 0 Å². The van der Waals surface area contributed by atoms with Gasteiger partial charge in [-0.1, -0.05) is 0 Å². The Kier molecular flexibility index (Phi) is 3.69. The van der Waals surface area contributed by atoms with Crippen LogP contribution in [-0.4, -0.2) is 33.0 Å². The first-order chi connectivity index (χ1) is 5.88. The van der Waals surface area contributed by atoms with Gasteiger partial charge in [0.15, 0.2) is 0 Å². The van der Waals surface area contributed by atoms with Gasteiger partial charge in [-0.05, 0) is 6.92 Å². The molecule has 0 unspecified atom stereocenters. The zero-order chi connectivity index (χ0) is 8.81. The van der Waals surface area contributed by atoms with E-state index in [-0.39, 0.29) is 6.61 Å². The van der Waals surface area contributed by atoms with Crippen molar-refractivity contribution in [3.8, 4) is 0 Å². The molecule has 0 fully saturated rings. The number of hydrogen-bond donors (Lipinski definition) is 2. The van der Waals surface area contributed by atoms with Crippen molar-refractivity contribution in [2.24, 2.45) is 0 Å². The van der Waals surface area contributed by atoms with Crippen molar-refractivity contribution < 1.29 is 5.11 Å². The Morgan fingerprint density at radius 3 is 3.17 bits per heavy atom. The Morgan fingerprint density at radius 1 is 1.67 bits per heavy atom. The highest BCUT2D eigenvalue weighted by molar-refractivity contribution is 4.82. The molecule has 12 heavy (non-hydrogen) atoms. The number of aliphatic hydroxyl groups is 1. The predicted molar refractivity (Wildman–Crippen MR) is 44.5 cm³/mol. The van der Waals surface area contributed by atoms with Crippen molar-refractivity contribution in [2.75, 3.05) is 13.2 Å². The highest BCUT2D eigenvalue weighted by Gasteiger charge is 1.99. The van der Waals surface area contributed by atoms with E-state index in [1.54, 1.807) is 6.33 Å². The summed E-state index contributed by atoms with van der Waals surface area (Å²) in [7, 11) is 0. The third-order valence-corrected chi connectivity index (χ3v) is 1.57. The molecule has 5 heteroatoms. The van der Waals surface area contributed by atoms with Crippen LogP contribution in [0.15, 0.2) is 6.33 Å². The van der Waals surface area contributed by atoms with Gasteiger partial charge in [0.2, 0.25) is 0 Å². The maximum atomic E-state index is 8.52. The van der Waals surface area contributed by atoms with Crippen LogP contribution in [0.25, 0.3) is 0 Å². The van der Waals surface area contributed by atoms with Crippen LogP contribution in [0.5, 0.6) is 0 Å². The minimum Gasteiger partial charge on any atom is -0.395 e. The van der Waals surface area contributed by atoms with Crippen molar-refractivity contribution in [3.05, 3.63) is 12.2 Å². The normalized spacial score (nSPS) is 10.5. The summed E-state index contributed by atoms with van der Waals surface area (Å²) in [6.07, 6.45) is 1.54. The number of aromatic nitrogens is 3. The van der Waals surface area contributed by atoms with Gasteiger partial charge < -0.3 is 10.4 Å². The lowest BCUT2D eigenvalue weighted by Gasteiger charge is -2.02. The highest BCUT2D eigenvalue weighted by atomic mass is 16.3. The molecular weight excluding hydrogens is 156 g/mol. The second-order valence-electron chi connectivity index (χ2n) is 2.39. The highest BCUT2D eigenvalue weighted by Crippen LogP contribution is 1.91. The zero-order valence-electron chi connectivity index (χ0n) is 7.19. The Bertz CT molecular complexity index is 223. The first-order valence-corrected chi connectivity index (χ1v) is 4.06. The standard InChI is InChI=1S/C7H14N4O/c1-2-11-7(9-6-10-11)5-8-3-4-12/h6,8,12H,2-5H2,1H3. The Hall–Kier alpha value is -0.940. The molecule has 0 atom stereocenters. The van der Waals surface area contributed by atoms with Crippen LogP contribution < -0.4 is 5.32 Å². The van der Waals surface area contributed by atoms with Crippen molar-refractivity contribution >= 4 is 0 Å². The van der Waals surface area contributed by atoms with Crippen LogP contribution in [0.3, 0.4) is 0 Å². The average molecular weight is 170 g/mol. The van der Waals surface area contributed by atoms with E-state index in [0.717, 1.165) is 12.4 Å². The molecule has 0 aromatic carbocycles. The minimum absolute atomic E-state index is 0.153. The molecule has 0 amide bonds. The molecule has 0 bridgehead atoms. The van der Waals surface area contributed by atoms with Crippen molar-refractivity contribution in [1.29, 1.82) is 0 Å². The van der Waals surface area contributed by atoms with E-state index >= 15 is 0 Å². The van der Waals surface area contributed by atoms with E-state index in [1.807, 2.05) is 11.6 Å².